The quantitative estimate of drug-likeness (QED) is 0.0350. The summed E-state index contributed by atoms with van der Waals surface area (Å²) in [6.45, 7) is 7.63. The summed E-state index contributed by atoms with van der Waals surface area (Å²) in [7, 11) is 0. The van der Waals surface area contributed by atoms with Crippen LogP contribution in [-0.2, 0) is 23.8 Å². The lowest BCUT2D eigenvalue weighted by molar-refractivity contribution is -0.163. The van der Waals surface area contributed by atoms with Gasteiger partial charge in [0.2, 0.25) is 0 Å². The number of unbranched alkanes of at least 4 members (excludes halogenated alkanes) is 22. The minimum Gasteiger partial charge on any atom is -0.462 e. The summed E-state index contributed by atoms with van der Waals surface area (Å²) in [5.74, 6) is -0.421. The normalized spacial score (nSPS) is 12.7. The Morgan fingerprint density at radius 1 is 0.411 bits per heavy atom. The van der Waals surface area contributed by atoms with Gasteiger partial charge in [-0.25, -0.2) is 0 Å². The van der Waals surface area contributed by atoms with Crippen LogP contribution >= 0.6 is 0 Å². The van der Waals surface area contributed by atoms with Crippen LogP contribution < -0.4 is 0 Å². The van der Waals surface area contributed by atoms with Gasteiger partial charge in [0, 0.05) is 19.4 Å². The second-order valence-electron chi connectivity index (χ2n) is 15.6. The first kappa shape index (κ1) is 53.6. The van der Waals surface area contributed by atoms with E-state index in [0.717, 1.165) is 77.0 Å². The number of hydrogen-bond donors (Lipinski definition) is 0. The Balaban J connectivity index is 4.16. The zero-order valence-corrected chi connectivity index (χ0v) is 37.1. The minimum atomic E-state index is -0.542. The molecule has 0 amide bonds. The molecule has 0 saturated carbocycles. The third-order valence-electron chi connectivity index (χ3n) is 10.0. The first-order valence-electron chi connectivity index (χ1n) is 23.8. The Labute approximate surface area is 347 Å². The monoisotopic (exact) mass is 783 g/mol. The zero-order chi connectivity index (χ0) is 40.7. The van der Waals surface area contributed by atoms with Gasteiger partial charge in [-0.2, -0.15) is 0 Å². The van der Waals surface area contributed by atoms with E-state index in [1.54, 1.807) is 0 Å². The average Bonchev–Trinajstić information content (AvgIpc) is 3.20. The predicted octanol–water partition coefficient (Wildman–Crippen LogP) is 15.8. The van der Waals surface area contributed by atoms with Crippen LogP contribution in [0.5, 0.6) is 0 Å². The Bertz CT molecular complexity index is 977. The molecule has 324 valence electrons. The molecule has 0 rings (SSSR count). The van der Waals surface area contributed by atoms with Crippen LogP contribution in [0.3, 0.4) is 0 Å². The van der Waals surface area contributed by atoms with Crippen molar-refractivity contribution < 1.29 is 23.8 Å². The van der Waals surface area contributed by atoms with Crippen molar-refractivity contribution in [1.82, 2.24) is 0 Å². The van der Waals surface area contributed by atoms with Crippen LogP contribution in [0.4, 0.5) is 0 Å². The van der Waals surface area contributed by atoms with Crippen molar-refractivity contribution in [1.29, 1.82) is 0 Å². The number of carbonyl (C=O) groups excluding carboxylic acids is 2. The lowest BCUT2D eigenvalue weighted by Gasteiger charge is -2.18. The molecule has 1 unspecified atom stereocenters. The fraction of sp³-hybridized carbons (Fsp3) is 0.765. The van der Waals surface area contributed by atoms with E-state index in [-0.39, 0.29) is 25.2 Å². The fourth-order valence-electron chi connectivity index (χ4n) is 6.49. The molecular weight excluding hydrogens is 693 g/mol. The minimum absolute atomic E-state index is 0.0750. The smallest absolute Gasteiger partial charge is 0.306 e. The number of rotatable bonds is 43. The summed E-state index contributed by atoms with van der Waals surface area (Å²) < 4.78 is 17.3. The van der Waals surface area contributed by atoms with Crippen molar-refractivity contribution in [2.45, 2.75) is 232 Å². The van der Waals surface area contributed by atoms with E-state index in [9.17, 15) is 9.59 Å². The molecule has 0 aliphatic rings. The van der Waals surface area contributed by atoms with Crippen LogP contribution in [0.25, 0.3) is 0 Å². The van der Waals surface area contributed by atoms with Crippen molar-refractivity contribution in [2.75, 3.05) is 19.8 Å². The Kier molecular flexibility index (Phi) is 45.0. The Morgan fingerprint density at radius 3 is 1.32 bits per heavy atom. The third kappa shape index (κ3) is 44.3. The zero-order valence-electron chi connectivity index (χ0n) is 37.1. The van der Waals surface area contributed by atoms with Gasteiger partial charge in [0.05, 0.1) is 6.61 Å². The SMILES string of the molecule is CC/C=C\C/C=C\C/C=C\CCCCCCCCCCOCC(COC(=O)CCCCCCC/C=C\C/C=C\CCCCC)OC(=O)CCCCCCCCC. The van der Waals surface area contributed by atoms with Crippen molar-refractivity contribution in [2.24, 2.45) is 0 Å². The van der Waals surface area contributed by atoms with Gasteiger partial charge in [0.25, 0.3) is 0 Å². The molecule has 0 aromatic rings. The summed E-state index contributed by atoms with van der Waals surface area (Å²) in [4.78, 5) is 25.2. The highest BCUT2D eigenvalue weighted by molar-refractivity contribution is 5.70. The largest absolute Gasteiger partial charge is 0.462 e. The maximum absolute atomic E-state index is 12.6. The lowest BCUT2D eigenvalue weighted by Crippen LogP contribution is -2.30. The number of hydrogen-bond acceptors (Lipinski definition) is 5. The number of carbonyl (C=O) groups is 2. The van der Waals surface area contributed by atoms with Gasteiger partial charge in [-0.05, 0) is 83.5 Å². The van der Waals surface area contributed by atoms with Gasteiger partial charge in [-0.1, -0.05) is 191 Å². The van der Waals surface area contributed by atoms with Crippen molar-refractivity contribution in [3.8, 4) is 0 Å². The summed E-state index contributed by atoms with van der Waals surface area (Å²) in [5.41, 5.74) is 0. The highest BCUT2D eigenvalue weighted by atomic mass is 16.6. The molecule has 0 bridgehead atoms. The summed E-state index contributed by atoms with van der Waals surface area (Å²) in [5, 5.41) is 0. The molecule has 5 nitrogen and oxygen atoms in total. The van der Waals surface area contributed by atoms with Crippen molar-refractivity contribution in [3.63, 3.8) is 0 Å². The molecule has 0 spiro atoms. The molecule has 0 N–H and O–H groups in total. The molecular formula is C51H90O5. The third-order valence-corrected chi connectivity index (χ3v) is 10.0. The molecule has 0 aromatic heterocycles. The van der Waals surface area contributed by atoms with Crippen LogP contribution in [0.15, 0.2) is 60.8 Å². The molecule has 0 heterocycles. The Hall–Kier alpha value is -2.40. The van der Waals surface area contributed by atoms with E-state index in [4.69, 9.17) is 14.2 Å². The van der Waals surface area contributed by atoms with Crippen LogP contribution in [0.1, 0.15) is 226 Å². The van der Waals surface area contributed by atoms with E-state index < -0.39 is 6.10 Å². The van der Waals surface area contributed by atoms with Gasteiger partial charge in [-0.3, -0.25) is 9.59 Å². The second kappa shape index (κ2) is 47.0. The molecule has 0 aromatic carbocycles. The van der Waals surface area contributed by atoms with Crippen LogP contribution in [0.2, 0.25) is 0 Å². The highest BCUT2D eigenvalue weighted by Gasteiger charge is 2.17. The van der Waals surface area contributed by atoms with E-state index in [2.05, 4.69) is 81.5 Å². The maximum atomic E-state index is 12.6. The summed E-state index contributed by atoms with van der Waals surface area (Å²) in [6.07, 6.45) is 58.0. The number of esters is 2. The van der Waals surface area contributed by atoms with Crippen molar-refractivity contribution >= 4 is 11.9 Å². The summed E-state index contributed by atoms with van der Waals surface area (Å²) >= 11 is 0. The first-order chi connectivity index (χ1) is 27.6. The molecule has 5 heteroatoms. The van der Waals surface area contributed by atoms with E-state index in [1.165, 1.54) is 116 Å². The van der Waals surface area contributed by atoms with Gasteiger partial charge in [0.15, 0.2) is 6.10 Å². The van der Waals surface area contributed by atoms with Crippen molar-refractivity contribution in [3.05, 3.63) is 60.8 Å². The Morgan fingerprint density at radius 2 is 0.804 bits per heavy atom. The first-order valence-corrected chi connectivity index (χ1v) is 23.8. The topological polar surface area (TPSA) is 61.8 Å². The molecule has 0 aliphatic heterocycles. The van der Waals surface area contributed by atoms with E-state index in [0.29, 0.717) is 19.4 Å². The standard InChI is InChI=1S/C51H90O5/c1-4-7-10-13-16-18-20-22-24-25-26-28-30-32-34-37-40-43-46-54-47-49(56-51(53)45-42-39-35-15-12-9-6-3)48-55-50(52)44-41-38-36-33-31-29-27-23-21-19-17-14-11-8-5-2/h7,10,16-19,22-24,27,49H,4-6,8-9,11-15,20-21,25-26,28-48H2,1-3H3/b10-7-,18-16-,19-17-,24-22-,27-23-. The molecule has 1 atom stereocenters. The predicted molar refractivity (Wildman–Crippen MR) is 242 cm³/mol. The maximum Gasteiger partial charge on any atom is 0.306 e. The number of allylic oxidation sites excluding steroid dienone is 10. The highest BCUT2D eigenvalue weighted by Crippen LogP contribution is 2.13. The molecule has 0 radical (unpaired) electrons. The van der Waals surface area contributed by atoms with E-state index >= 15 is 0 Å². The molecule has 0 saturated heterocycles. The second-order valence-corrected chi connectivity index (χ2v) is 15.6. The fourth-order valence-corrected chi connectivity index (χ4v) is 6.49. The van der Waals surface area contributed by atoms with Gasteiger partial charge < -0.3 is 14.2 Å². The molecule has 0 aliphatic carbocycles. The van der Waals surface area contributed by atoms with Gasteiger partial charge in [0.1, 0.15) is 6.61 Å². The number of ether oxygens (including phenoxy) is 3. The van der Waals surface area contributed by atoms with E-state index in [1.807, 2.05) is 0 Å². The molecule has 0 fully saturated rings. The lowest BCUT2D eigenvalue weighted by atomic mass is 10.1. The average molecular weight is 783 g/mol. The molecule has 56 heavy (non-hydrogen) atoms. The van der Waals surface area contributed by atoms with Gasteiger partial charge >= 0.3 is 11.9 Å². The van der Waals surface area contributed by atoms with Gasteiger partial charge in [-0.15, -0.1) is 0 Å². The summed E-state index contributed by atoms with van der Waals surface area (Å²) in [6, 6.07) is 0. The van der Waals surface area contributed by atoms with Crippen LogP contribution in [-0.4, -0.2) is 37.9 Å². The van der Waals surface area contributed by atoms with Crippen LogP contribution in [0, 0.1) is 0 Å².